The van der Waals surface area contributed by atoms with E-state index in [1.54, 1.807) is 0 Å². The SMILES string of the molecule is CCCCC(C)c1cc(C)ncc1F. The lowest BCUT2D eigenvalue weighted by atomic mass is 9.95. The standard InChI is InChI=1S/C12H18FN/c1-4-5-6-9(2)11-7-10(3)14-8-12(11)13/h7-9H,4-6H2,1-3H3. The number of unbranched alkanes of at least 4 members (excludes halogenated alkanes) is 1. The molecule has 1 rings (SSSR count). The molecule has 2 heteroatoms. The molecule has 0 amide bonds. The molecule has 0 aliphatic carbocycles. The van der Waals surface area contributed by atoms with Crippen LogP contribution in [0.2, 0.25) is 0 Å². The van der Waals surface area contributed by atoms with E-state index in [0.29, 0.717) is 5.92 Å². The van der Waals surface area contributed by atoms with Crippen LogP contribution in [-0.2, 0) is 0 Å². The fourth-order valence-corrected chi connectivity index (χ4v) is 1.61. The monoisotopic (exact) mass is 195 g/mol. The molecule has 14 heavy (non-hydrogen) atoms. The van der Waals surface area contributed by atoms with Gasteiger partial charge in [-0.05, 0) is 30.9 Å². The van der Waals surface area contributed by atoms with E-state index in [9.17, 15) is 4.39 Å². The molecule has 0 aromatic carbocycles. The van der Waals surface area contributed by atoms with Gasteiger partial charge in [0, 0.05) is 5.69 Å². The van der Waals surface area contributed by atoms with Gasteiger partial charge in [0.2, 0.25) is 0 Å². The number of hydrogen-bond acceptors (Lipinski definition) is 1. The Balaban J connectivity index is 2.77. The summed E-state index contributed by atoms with van der Waals surface area (Å²) in [5, 5.41) is 0. The number of nitrogens with zero attached hydrogens (tertiary/aromatic N) is 1. The summed E-state index contributed by atoms with van der Waals surface area (Å²) in [5.41, 5.74) is 1.70. The van der Waals surface area contributed by atoms with E-state index < -0.39 is 0 Å². The maximum absolute atomic E-state index is 13.4. The molecule has 1 aromatic heterocycles. The van der Waals surface area contributed by atoms with Crippen molar-refractivity contribution in [2.75, 3.05) is 0 Å². The molecule has 1 aromatic rings. The minimum Gasteiger partial charge on any atom is -0.259 e. The normalized spacial score (nSPS) is 12.9. The second-order valence-corrected chi connectivity index (χ2v) is 3.89. The van der Waals surface area contributed by atoms with E-state index in [0.717, 1.165) is 30.5 Å². The highest BCUT2D eigenvalue weighted by atomic mass is 19.1. The van der Waals surface area contributed by atoms with E-state index in [-0.39, 0.29) is 5.82 Å². The molecule has 78 valence electrons. The lowest BCUT2D eigenvalue weighted by Gasteiger charge is -2.12. The number of hydrogen-bond donors (Lipinski definition) is 0. The molecule has 0 radical (unpaired) electrons. The Bertz CT molecular complexity index is 296. The van der Waals surface area contributed by atoms with Crippen molar-refractivity contribution in [2.24, 2.45) is 0 Å². The average Bonchev–Trinajstić information content (AvgIpc) is 2.18. The molecule has 0 aliphatic rings. The van der Waals surface area contributed by atoms with E-state index in [1.807, 2.05) is 13.0 Å². The zero-order valence-corrected chi connectivity index (χ0v) is 9.18. The second kappa shape index (κ2) is 5.08. The second-order valence-electron chi connectivity index (χ2n) is 3.89. The topological polar surface area (TPSA) is 12.9 Å². The first-order valence-electron chi connectivity index (χ1n) is 5.27. The van der Waals surface area contributed by atoms with Gasteiger partial charge >= 0.3 is 0 Å². The smallest absolute Gasteiger partial charge is 0.144 e. The number of aryl methyl sites for hydroxylation is 1. The molecule has 0 bridgehead atoms. The molecule has 0 spiro atoms. The average molecular weight is 195 g/mol. The number of halogens is 1. The van der Waals surface area contributed by atoms with Gasteiger partial charge in [-0.3, -0.25) is 4.98 Å². The van der Waals surface area contributed by atoms with E-state index in [4.69, 9.17) is 0 Å². The van der Waals surface area contributed by atoms with Crippen molar-refractivity contribution in [1.82, 2.24) is 4.98 Å². The summed E-state index contributed by atoms with van der Waals surface area (Å²) in [7, 11) is 0. The van der Waals surface area contributed by atoms with Crippen LogP contribution >= 0.6 is 0 Å². The minimum absolute atomic E-state index is 0.167. The van der Waals surface area contributed by atoms with Crippen molar-refractivity contribution >= 4 is 0 Å². The van der Waals surface area contributed by atoms with Crippen molar-refractivity contribution in [3.63, 3.8) is 0 Å². The molecule has 0 aliphatic heterocycles. The third-order valence-corrected chi connectivity index (χ3v) is 2.54. The first-order chi connectivity index (χ1) is 6.65. The Morgan fingerprint density at radius 3 is 2.86 bits per heavy atom. The summed E-state index contributed by atoms with van der Waals surface area (Å²) in [6.45, 7) is 6.13. The van der Waals surface area contributed by atoms with Crippen molar-refractivity contribution in [1.29, 1.82) is 0 Å². The molecular formula is C12H18FN. The van der Waals surface area contributed by atoms with Gasteiger partial charge in [0.25, 0.3) is 0 Å². The maximum atomic E-state index is 13.4. The maximum Gasteiger partial charge on any atom is 0.144 e. The van der Waals surface area contributed by atoms with Gasteiger partial charge in [-0.1, -0.05) is 26.7 Å². The van der Waals surface area contributed by atoms with Crippen LogP contribution in [0.25, 0.3) is 0 Å². The molecule has 0 fully saturated rings. The summed E-state index contributed by atoms with van der Waals surface area (Å²) in [4.78, 5) is 3.93. The quantitative estimate of drug-likeness (QED) is 0.711. The Morgan fingerprint density at radius 1 is 1.50 bits per heavy atom. The third-order valence-electron chi connectivity index (χ3n) is 2.54. The molecule has 1 unspecified atom stereocenters. The van der Waals surface area contributed by atoms with Crippen LogP contribution in [-0.4, -0.2) is 4.98 Å². The molecule has 1 atom stereocenters. The third kappa shape index (κ3) is 2.79. The van der Waals surface area contributed by atoms with Crippen LogP contribution in [0.1, 0.15) is 50.3 Å². The molecule has 1 nitrogen and oxygen atoms in total. The van der Waals surface area contributed by atoms with Crippen LogP contribution in [0.5, 0.6) is 0 Å². The van der Waals surface area contributed by atoms with E-state index in [2.05, 4.69) is 18.8 Å². The van der Waals surface area contributed by atoms with Gasteiger partial charge in [0.15, 0.2) is 0 Å². The van der Waals surface area contributed by atoms with E-state index >= 15 is 0 Å². The van der Waals surface area contributed by atoms with Crippen molar-refractivity contribution < 1.29 is 4.39 Å². The minimum atomic E-state index is -0.167. The van der Waals surface area contributed by atoms with Crippen LogP contribution in [0.4, 0.5) is 4.39 Å². The molecule has 1 heterocycles. The predicted molar refractivity (Wildman–Crippen MR) is 56.9 cm³/mol. The Hall–Kier alpha value is -0.920. The summed E-state index contributed by atoms with van der Waals surface area (Å²) >= 11 is 0. The van der Waals surface area contributed by atoms with Gasteiger partial charge in [0.1, 0.15) is 5.82 Å². The van der Waals surface area contributed by atoms with Crippen molar-refractivity contribution in [2.45, 2.75) is 46.0 Å². The van der Waals surface area contributed by atoms with Crippen LogP contribution in [0.3, 0.4) is 0 Å². The molecule has 0 N–H and O–H groups in total. The highest BCUT2D eigenvalue weighted by molar-refractivity contribution is 5.21. The van der Waals surface area contributed by atoms with Crippen molar-refractivity contribution in [3.05, 3.63) is 29.3 Å². The highest BCUT2D eigenvalue weighted by Crippen LogP contribution is 2.23. The Kier molecular flexibility index (Phi) is 4.05. The molecule has 0 saturated carbocycles. The van der Waals surface area contributed by atoms with Gasteiger partial charge in [-0.2, -0.15) is 0 Å². The summed E-state index contributed by atoms with van der Waals surface area (Å²) < 4.78 is 13.4. The first kappa shape index (κ1) is 11.2. The van der Waals surface area contributed by atoms with Crippen molar-refractivity contribution in [3.8, 4) is 0 Å². The van der Waals surface area contributed by atoms with Gasteiger partial charge in [-0.25, -0.2) is 4.39 Å². The summed E-state index contributed by atoms with van der Waals surface area (Å²) in [6, 6.07) is 1.86. The van der Waals surface area contributed by atoms with Crippen LogP contribution < -0.4 is 0 Å². The summed E-state index contributed by atoms with van der Waals surface area (Å²) in [5.74, 6) is 0.135. The zero-order valence-electron chi connectivity index (χ0n) is 9.18. The Morgan fingerprint density at radius 2 is 2.21 bits per heavy atom. The van der Waals surface area contributed by atoms with Gasteiger partial charge < -0.3 is 0 Å². The summed E-state index contributed by atoms with van der Waals surface area (Å²) in [6.07, 6.45) is 4.70. The van der Waals surface area contributed by atoms with Gasteiger partial charge in [-0.15, -0.1) is 0 Å². The largest absolute Gasteiger partial charge is 0.259 e. The lowest BCUT2D eigenvalue weighted by Crippen LogP contribution is -1.99. The van der Waals surface area contributed by atoms with Gasteiger partial charge in [0.05, 0.1) is 6.20 Å². The zero-order chi connectivity index (χ0) is 10.6. The number of pyridine rings is 1. The molecular weight excluding hydrogens is 177 g/mol. The molecule has 0 saturated heterocycles. The lowest BCUT2D eigenvalue weighted by molar-refractivity contribution is 0.554. The van der Waals surface area contributed by atoms with Crippen LogP contribution in [0.15, 0.2) is 12.3 Å². The number of aromatic nitrogens is 1. The predicted octanol–water partition coefficient (Wildman–Crippen LogP) is 3.82. The Labute approximate surface area is 85.4 Å². The fraction of sp³-hybridized carbons (Fsp3) is 0.583. The van der Waals surface area contributed by atoms with Crippen LogP contribution in [0, 0.1) is 12.7 Å². The van der Waals surface area contributed by atoms with E-state index in [1.165, 1.54) is 6.20 Å². The fourth-order valence-electron chi connectivity index (χ4n) is 1.61. The highest BCUT2D eigenvalue weighted by Gasteiger charge is 2.10. The first-order valence-corrected chi connectivity index (χ1v) is 5.27. The number of rotatable bonds is 4.